The maximum Gasteiger partial charge on any atom is 0.231 e. The number of thiocarbonyl (C=S) groups is 1. The molecular weight excluding hydrogens is 286 g/mol. The summed E-state index contributed by atoms with van der Waals surface area (Å²) in [5.74, 6) is 2.33. The van der Waals surface area contributed by atoms with Crippen molar-refractivity contribution in [1.82, 2.24) is 5.32 Å². The first kappa shape index (κ1) is 13.7. The molecule has 1 heterocycles. The van der Waals surface area contributed by atoms with Crippen molar-refractivity contribution in [2.45, 2.75) is 6.54 Å². The Morgan fingerprint density at radius 1 is 1.19 bits per heavy atom. The van der Waals surface area contributed by atoms with Gasteiger partial charge in [0.15, 0.2) is 11.5 Å². The number of hydrogen-bond donors (Lipinski definition) is 1. The van der Waals surface area contributed by atoms with Crippen LogP contribution >= 0.6 is 12.2 Å². The van der Waals surface area contributed by atoms with Gasteiger partial charge >= 0.3 is 0 Å². The van der Waals surface area contributed by atoms with Crippen LogP contribution in [0.4, 0.5) is 0 Å². The first-order valence-corrected chi connectivity index (χ1v) is 6.98. The van der Waals surface area contributed by atoms with Gasteiger partial charge in [-0.3, -0.25) is 0 Å². The zero-order valence-corrected chi connectivity index (χ0v) is 12.4. The van der Waals surface area contributed by atoms with E-state index in [0.29, 0.717) is 11.5 Å². The summed E-state index contributed by atoms with van der Waals surface area (Å²) in [7, 11) is 1.66. The average molecular weight is 301 g/mol. The molecule has 1 aliphatic heterocycles. The molecule has 0 aromatic heterocycles. The van der Waals surface area contributed by atoms with Crippen LogP contribution in [0.5, 0.6) is 17.2 Å². The lowest BCUT2D eigenvalue weighted by atomic mass is 10.1. The predicted molar refractivity (Wildman–Crippen MR) is 84.1 cm³/mol. The maximum absolute atomic E-state index is 5.42. The molecule has 0 unspecified atom stereocenters. The van der Waals surface area contributed by atoms with Gasteiger partial charge in [0.05, 0.1) is 7.11 Å². The highest BCUT2D eigenvalue weighted by Crippen LogP contribution is 2.32. The normalized spacial score (nSPS) is 12.0. The minimum absolute atomic E-state index is 0.264. The van der Waals surface area contributed by atoms with E-state index < -0.39 is 0 Å². The van der Waals surface area contributed by atoms with Crippen LogP contribution in [0.3, 0.4) is 0 Å². The van der Waals surface area contributed by atoms with Crippen molar-refractivity contribution in [3.63, 3.8) is 0 Å². The van der Waals surface area contributed by atoms with Gasteiger partial charge in [0, 0.05) is 17.7 Å². The molecule has 0 bridgehead atoms. The van der Waals surface area contributed by atoms with Gasteiger partial charge in [-0.15, -0.1) is 0 Å². The molecule has 0 atom stereocenters. The van der Waals surface area contributed by atoms with Gasteiger partial charge in [-0.2, -0.15) is 0 Å². The maximum atomic E-state index is 5.42. The van der Waals surface area contributed by atoms with Crippen LogP contribution < -0.4 is 19.5 Å². The minimum Gasteiger partial charge on any atom is -0.496 e. The van der Waals surface area contributed by atoms with Gasteiger partial charge in [-0.25, -0.2) is 0 Å². The Labute approximate surface area is 128 Å². The minimum atomic E-state index is 0.264. The molecule has 0 radical (unpaired) electrons. The molecule has 0 saturated carbocycles. The fourth-order valence-electron chi connectivity index (χ4n) is 2.16. The van der Waals surface area contributed by atoms with E-state index in [1.165, 1.54) is 0 Å². The Kier molecular flexibility index (Phi) is 3.92. The van der Waals surface area contributed by atoms with Crippen LogP contribution in [-0.4, -0.2) is 18.9 Å². The number of rotatable bonds is 4. The highest BCUT2D eigenvalue weighted by molar-refractivity contribution is 7.80. The van der Waals surface area contributed by atoms with Crippen LogP contribution in [-0.2, 0) is 6.54 Å². The molecule has 0 spiro atoms. The number of nitrogens with one attached hydrogen (secondary N) is 1. The topological polar surface area (TPSA) is 39.7 Å². The first-order chi connectivity index (χ1) is 10.3. The number of para-hydroxylation sites is 1. The highest BCUT2D eigenvalue weighted by atomic mass is 32.1. The van der Waals surface area contributed by atoms with Crippen LogP contribution in [0.1, 0.15) is 11.1 Å². The quantitative estimate of drug-likeness (QED) is 0.879. The summed E-state index contributed by atoms with van der Waals surface area (Å²) in [4.78, 5) is 0.666. The lowest BCUT2D eigenvalue weighted by molar-refractivity contribution is 0.174. The summed E-state index contributed by atoms with van der Waals surface area (Å²) in [5.41, 5.74) is 1.97. The number of methoxy groups -OCH3 is 1. The van der Waals surface area contributed by atoms with Gasteiger partial charge < -0.3 is 19.5 Å². The van der Waals surface area contributed by atoms with Crippen molar-refractivity contribution < 1.29 is 14.2 Å². The molecule has 5 heteroatoms. The van der Waals surface area contributed by atoms with Crippen molar-refractivity contribution in [2.75, 3.05) is 13.9 Å². The van der Waals surface area contributed by atoms with Crippen molar-refractivity contribution in [1.29, 1.82) is 0 Å². The number of hydrogen-bond acceptors (Lipinski definition) is 4. The molecule has 0 fully saturated rings. The lowest BCUT2D eigenvalue weighted by Gasteiger charge is -2.11. The van der Waals surface area contributed by atoms with E-state index in [4.69, 9.17) is 26.4 Å². The summed E-state index contributed by atoms with van der Waals surface area (Å²) >= 11 is 5.42. The standard InChI is InChI=1S/C16H15NO3S/c1-18-13-5-3-2-4-12(13)9-17-16(21)11-6-7-14-15(8-11)20-10-19-14/h2-8H,9-10H2,1H3,(H,17,21). The average Bonchev–Trinajstić information content (AvgIpc) is 3.00. The van der Waals surface area contributed by atoms with Crippen molar-refractivity contribution in [2.24, 2.45) is 0 Å². The van der Waals surface area contributed by atoms with Crippen molar-refractivity contribution in [3.8, 4) is 17.2 Å². The Morgan fingerprint density at radius 2 is 2.00 bits per heavy atom. The van der Waals surface area contributed by atoms with Gasteiger partial charge in [0.2, 0.25) is 6.79 Å². The Hall–Kier alpha value is -2.27. The first-order valence-electron chi connectivity index (χ1n) is 6.57. The SMILES string of the molecule is COc1ccccc1CNC(=S)c1ccc2c(c1)OCO2. The monoisotopic (exact) mass is 301 g/mol. The van der Waals surface area contributed by atoms with E-state index >= 15 is 0 Å². The molecule has 2 aromatic rings. The number of ether oxygens (including phenoxy) is 3. The smallest absolute Gasteiger partial charge is 0.231 e. The number of fused-ring (bicyclic) bond motifs is 1. The molecule has 0 saturated heterocycles. The van der Waals surface area contributed by atoms with E-state index in [1.807, 2.05) is 42.5 Å². The van der Waals surface area contributed by atoms with Gasteiger partial charge in [-0.1, -0.05) is 30.4 Å². The summed E-state index contributed by atoms with van der Waals surface area (Å²) in [6, 6.07) is 13.5. The number of benzene rings is 2. The van der Waals surface area contributed by atoms with E-state index in [2.05, 4.69) is 5.32 Å². The highest BCUT2D eigenvalue weighted by Gasteiger charge is 2.14. The zero-order valence-electron chi connectivity index (χ0n) is 11.6. The van der Waals surface area contributed by atoms with Crippen molar-refractivity contribution in [3.05, 3.63) is 53.6 Å². The molecule has 108 valence electrons. The lowest BCUT2D eigenvalue weighted by Crippen LogP contribution is -2.21. The van der Waals surface area contributed by atoms with Crippen LogP contribution in [0.15, 0.2) is 42.5 Å². The molecule has 0 amide bonds. The second-order valence-electron chi connectivity index (χ2n) is 4.56. The second kappa shape index (κ2) is 6.01. The summed E-state index contributed by atoms with van der Waals surface area (Å²) < 4.78 is 16.0. The second-order valence-corrected chi connectivity index (χ2v) is 4.97. The van der Waals surface area contributed by atoms with Crippen LogP contribution in [0.2, 0.25) is 0 Å². The summed E-state index contributed by atoms with van der Waals surface area (Å²) in [6.45, 7) is 0.872. The fourth-order valence-corrected chi connectivity index (χ4v) is 2.36. The summed E-state index contributed by atoms with van der Waals surface area (Å²) in [5, 5.41) is 3.24. The predicted octanol–water partition coefficient (Wildman–Crippen LogP) is 2.89. The van der Waals surface area contributed by atoms with E-state index in [9.17, 15) is 0 Å². The molecule has 21 heavy (non-hydrogen) atoms. The molecule has 2 aromatic carbocycles. The third-order valence-electron chi connectivity index (χ3n) is 3.27. The zero-order chi connectivity index (χ0) is 14.7. The van der Waals surface area contributed by atoms with Gasteiger partial charge in [0.1, 0.15) is 10.7 Å². The largest absolute Gasteiger partial charge is 0.496 e. The van der Waals surface area contributed by atoms with Crippen molar-refractivity contribution >= 4 is 17.2 Å². The third kappa shape index (κ3) is 2.92. The Morgan fingerprint density at radius 3 is 2.86 bits per heavy atom. The molecular formula is C16H15NO3S. The van der Waals surface area contributed by atoms with Gasteiger partial charge in [0.25, 0.3) is 0 Å². The fraction of sp³-hybridized carbons (Fsp3) is 0.188. The van der Waals surface area contributed by atoms with E-state index in [1.54, 1.807) is 7.11 Å². The van der Waals surface area contributed by atoms with Crippen LogP contribution in [0, 0.1) is 0 Å². The van der Waals surface area contributed by atoms with E-state index in [-0.39, 0.29) is 6.79 Å². The third-order valence-corrected chi connectivity index (χ3v) is 3.65. The molecule has 3 rings (SSSR count). The molecule has 0 aliphatic carbocycles. The van der Waals surface area contributed by atoms with Gasteiger partial charge in [-0.05, 0) is 24.3 Å². The van der Waals surface area contributed by atoms with Crippen LogP contribution in [0.25, 0.3) is 0 Å². The van der Waals surface area contributed by atoms with E-state index in [0.717, 1.165) is 28.4 Å². The molecule has 4 nitrogen and oxygen atoms in total. The Balaban J connectivity index is 1.69. The summed E-state index contributed by atoms with van der Waals surface area (Å²) in [6.07, 6.45) is 0. The molecule has 1 aliphatic rings. The Bertz CT molecular complexity index is 672. The molecule has 1 N–H and O–H groups in total.